The normalized spacial score (nSPS) is 36.2. The van der Waals surface area contributed by atoms with Crippen LogP contribution in [0.2, 0.25) is 0 Å². The van der Waals surface area contributed by atoms with E-state index in [0.29, 0.717) is 6.04 Å². The lowest BCUT2D eigenvalue weighted by atomic mass is 9.96. The second-order valence-corrected chi connectivity index (χ2v) is 7.66. The number of rotatable bonds is 2. The van der Waals surface area contributed by atoms with Crippen molar-refractivity contribution in [2.24, 2.45) is 0 Å². The van der Waals surface area contributed by atoms with Gasteiger partial charge in [0.2, 0.25) is 0 Å². The molecular formula is C12H22N2O2S. The highest BCUT2D eigenvalue weighted by Crippen LogP contribution is 2.24. The second-order valence-electron chi connectivity index (χ2n) is 5.72. The lowest BCUT2D eigenvalue weighted by Gasteiger charge is -2.46. The largest absolute Gasteiger partial charge is 0.309 e. The Morgan fingerprint density at radius 2 is 2.18 bits per heavy atom. The van der Waals surface area contributed by atoms with Gasteiger partial charge in [0, 0.05) is 36.1 Å². The number of hydrogen-bond acceptors (Lipinski definition) is 4. The predicted octanol–water partition coefficient (Wildman–Crippen LogP) is 0.760. The summed E-state index contributed by atoms with van der Waals surface area (Å²) in [6.45, 7) is 8.33. The van der Waals surface area contributed by atoms with Crippen molar-refractivity contribution in [3.8, 4) is 0 Å². The molecule has 0 aliphatic carbocycles. The van der Waals surface area contributed by atoms with Gasteiger partial charge in [-0.25, -0.2) is 8.42 Å². The summed E-state index contributed by atoms with van der Waals surface area (Å²) in [5.74, 6) is 0.250. The van der Waals surface area contributed by atoms with Gasteiger partial charge in [-0.15, -0.1) is 0 Å². The molecule has 0 radical (unpaired) electrons. The number of sulfone groups is 1. The zero-order valence-electron chi connectivity index (χ0n) is 10.8. The number of nitrogens with one attached hydrogen (secondary N) is 1. The van der Waals surface area contributed by atoms with Gasteiger partial charge in [0.25, 0.3) is 0 Å². The average Bonchev–Trinajstić information content (AvgIpc) is 2.58. The van der Waals surface area contributed by atoms with Gasteiger partial charge in [-0.3, -0.25) is 4.90 Å². The fourth-order valence-electron chi connectivity index (χ4n) is 2.69. The quantitative estimate of drug-likeness (QED) is 0.794. The zero-order valence-corrected chi connectivity index (χ0v) is 11.6. The number of nitrogens with zero attached hydrogens (tertiary/aromatic N) is 1. The van der Waals surface area contributed by atoms with E-state index in [1.54, 1.807) is 0 Å². The van der Waals surface area contributed by atoms with E-state index in [9.17, 15) is 8.42 Å². The van der Waals surface area contributed by atoms with Crippen LogP contribution in [0.5, 0.6) is 0 Å². The summed E-state index contributed by atoms with van der Waals surface area (Å²) in [5.41, 5.74) is 0.0614. The van der Waals surface area contributed by atoms with Crippen molar-refractivity contribution >= 4 is 9.84 Å². The van der Waals surface area contributed by atoms with Gasteiger partial charge in [0.05, 0.1) is 5.75 Å². The molecule has 0 amide bonds. The average molecular weight is 258 g/mol. The van der Waals surface area contributed by atoms with Crippen molar-refractivity contribution in [1.29, 1.82) is 0 Å². The predicted molar refractivity (Wildman–Crippen MR) is 69.6 cm³/mol. The fourth-order valence-corrected chi connectivity index (χ4v) is 4.00. The third-order valence-electron chi connectivity index (χ3n) is 3.67. The number of piperazine rings is 1. The first-order chi connectivity index (χ1) is 7.83. The molecule has 0 aromatic rings. The SMILES string of the molecule is CCC1CNC(C)(C)CN1C1C=CS(=O)(=O)C1. The van der Waals surface area contributed by atoms with Crippen molar-refractivity contribution < 1.29 is 8.42 Å². The molecule has 1 fully saturated rings. The second kappa shape index (κ2) is 4.37. The molecule has 17 heavy (non-hydrogen) atoms. The fraction of sp³-hybridized carbons (Fsp3) is 0.833. The topological polar surface area (TPSA) is 49.4 Å². The van der Waals surface area contributed by atoms with Crippen LogP contribution in [0.25, 0.3) is 0 Å². The van der Waals surface area contributed by atoms with Gasteiger partial charge in [0.15, 0.2) is 9.84 Å². The highest BCUT2D eigenvalue weighted by molar-refractivity contribution is 7.94. The van der Waals surface area contributed by atoms with Crippen LogP contribution in [0.1, 0.15) is 27.2 Å². The molecule has 2 rings (SSSR count). The van der Waals surface area contributed by atoms with E-state index in [2.05, 4.69) is 31.0 Å². The summed E-state index contributed by atoms with van der Waals surface area (Å²) >= 11 is 0. The van der Waals surface area contributed by atoms with E-state index >= 15 is 0 Å². The minimum Gasteiger partial charge on any atom is -0.309 e. The van der Waals surface area contributed by atoms with Crippen molar-refractivity contribution in [2.75, 3.05) is 18.8 Å². The smallest absolute Gasteiger partial charge is 0.173 e. The van der Waals surface area contributed by atoms with Gasteiger partial charge < -0.3 is 5.32 Å². The molecule has 5 heteroatoms. The molecule has 2 heterocycles. The Morgan fingerprint density at radius 1 is 1.47 bits per heavy atom. The molecule has 0 aromatic carbocycles. The maximum absolute atomic E-state index is 11.5. The van der Waals surface area contributed by atoms with Crippen molar-refractivity contribution in [1.82, 2.24) is 10.2 Å². The maximum Gasteiger partial charge on any atom is 0.173 e. The van der Waals surface area contributed by atoms with Crippen molar-refractivity contribution in [3.63, 3.8) is 0 Å². The Balaban J connectivity index is 2.14. The van der Waals surface area contributed by atoms with E-state index in [-0.39, 0.29) is 17.3 Å². The molecule has 0 bridgehead atoms. The van der Waals surface area contributed by atoms with E-state index in [0.717, 1.165) is 19.5 Å². The van der Waals surface area contributed by atoms with Crippen LogP contribution in [0.3, 0.4) is 0 Å². The summed E-state index contributed by atoms with van der Waals surface area (Å²) in [5, 5.41) is 4.89. The third kappa shape index (κ3) is 2.89. The van der Waals surface area contributed by atoms with Crippen LogP contribution in [0.4, 0.5) is 0 Å². The molecule has 2 aliphatic heterocycles. The molecule has 2 atom stereocenters. The molecule has 4 nitrogen and oxygen atoms in total. The van der Waals surface area contributed by atoms with E-state index in [1.165, 1.54) is 5.41 Å². The summed E-state index contributed by atoms with van der Waals surface area (Å²) in [4.78, 5) is 2.34. The summed E-state index contributed by atoms with van der Waals surface area (Å²) < 4.78 is 23.0. The Morgan fingerprint density at radius 3 is 2.71 bits per heavy atom. The lowest BCUT2D eigenvalue weighted by Crippen LogP contribution is -2.63. The maximum atomic E-state index is 11.5. The van der Waals surface area contributed by atoms with Crippen LogP contribution in [-0.4, -0.2) is 49.8 Å². The summed E-state index contributed by atoms with van der Waals surface area (Å²) in [6.07, 6.45) is 2.90. The van der Waals surface area contributed by atoms with Gasteiger partial charge in [-0.1, -0.05) is 13.0 Å². The first-order valence-corrected chi connectivity index (χ1v) is 7.96. The van der Waals surface area contributed by atoms with Crippen LogP contribution in [-0.2, 0) is 9.84 Å². The Labute approximate surface area is 104 Å². The zero-order chi connectivity index (χ0) is 12.7. The molecule has 1 saturated heterocycles. The Kier molecular flexibility index (Phi) is 3.36. The van der Waals surface area contributed by atoms with E-state index in [1.807, 2.05) is 6.08 Å². The molecule has 1 N–H and O–H groups in total. The molecule has 0 spiro atoms. The minimum absolute atomic E-state index is 0.0614. The lowest BCUT2D eigenvalue weighted by molar-refractivity contribution is 0.0764. The van der Waals surface area contributed by atoms with Crippen LogP contribution < -0.4 is 5.32 Å². The van der Waals surface area contributed by atoms with Crippen molar-refractivity contribution in [3.05, 3.63) is 11.5 Å². The molecular weight excluding hydrogens is 236 g/mol. The summed E-state index contributed by atoms with van der Waals surface area (Å²) in [6, 6.07) is 0.497. The van der Waals surface area contributed by atoms with Gasteiger partial charge >= 0.3 is 0 Å². The molecule has 2 aliphatic rings. The third-order valence-corrected chi connectivity index (χ3v) is 5.05. The first-order valence-electron chi connectivity index (χ1n) is 6.25. The Hall–Kier alpha value is -0.390. The van der Waals surface area contributed by atoms with Gasteiger partial charge in [-0.2, -0.15) is 0 Å². The van der Waals surface area contributed by atoms with Crippen molar-refractivity contribution in [2.45, 2.75) is 44.8 Å². The Bertz CT molecular complexity index is 414. The summed E-state index contributed by atoms with van der Waals surface area (Å²) in [7, 11) is -2.96. The molecule has 0 saturated carbocycles. The highest BCUT2D eigenvalue weighted by Gasteiger charge is 2.37. The van der Waals surface area contributed by atoms with Crippen LogP contribution in [0.15, 0.2) is 11.5 Å². The number of hydrogen-bond donors (Lipinski definition) is 1. The van der Waals surface area contributed by atoms with Gasteiger partial charge in [0.1, 0.15) is 0 Å². The van der Waals surface area contributed by atoms with Crippen LogP contribution >= 0.6 is 0 Å². The standard InChI is InChI=1S/C12H22N2O2S/c1-4-10-7-13-12(2,3)9-14(10)11-5-6-17(15,16)8-11/h5-6,10-11,13H,4,7-9H2,1-3H3. The molecule has 0 aromatic heterocycles. The molecule has 2 unspecified atom stereocenters. The monoisotopic (exact) mass is 258 g/mol. The molecule has 98 valence electrons. The minimum atomic E-state index is -2.96. The van der Waals surface area contributed by atoms with Gasteiger partial charge in [-0.05, 0) is 20.3 Å². The van der Waals surface area contributed by atoms with Crippen LogP contribution in [0, 0.1) is 0 Å². The first kappa shape index (κ1) is 13.1. The highest BCUT2D eigenvalue weighted by atomic mass is 32.2. The van der Waals surface area contributed by atoms with E-state index < -0.39 is 9.84 Å². The van der Waals surface area contributed by atoms with E-state index in [4.69, 9.17) is 0 Å².